The van der Waals surface area contributed by atoms with Crippen LogP contribution in [0, 0.1) is 0 Å². The average molecular weight is 1000 g/mol. The van der Waals surface area contributed by atoms with Crippen LogP contribution in [0.4, 0.5) is 0 Å². The van der Waals surface area contributed by atoms with Gasteiger partial charge in [0, 0.05) is 45.9 Å². The van der Waals surface area contributed by atoms with Crippen molar-refractivity contribution < 1.29 is 52.4 Å². The highest BCUT2D eigenvalue weighted by atomic mass is 28.6. The van der Waals surface area contributed by atoms with E-state index in [4.69, 9.17) is 33.2 Å². The van der Waals surface area contributed by atoms with Crippen LogP contribution in [0.3, 0.4) is 0 Å². The predicted octanol–water partition coefficient (Wildman–Crippen LogP) is 11.3. The van der Waals surface area contributed by atoms with Crippen molar-refractivity contribution in [3.05, 3.63) is 0 Å². The van der Waals surface area contributed by atoms with Crippen LogP contribution >= 0.6 is 0 Å². The smallest absolute Gasteiger partial charge is 0.410 e. The summed E-state index contributed by atoms with van der Waals surface area (Å²) >= 11 is 0. The molecule has 0 aromatic heterocycles. The van der Waals surface area contributed by atoms with Gasteiger partial charge in [-0.1, -0.05) is 135 Å². The van der Waals surface area contributed by atoms with Gasteiger partial charge >= 0.3 is 61.9 Å². The first-order valence-electron chi connectivity index (χ1n) is 26.6. The van der Waals surface area contributed by atoms with Gasteiger partial charge in [-0.2, -0.15) is 0 Å². The number of hydrogen-bond donors (Lipinski definition) is 4. The molecule has 0 bridgehead atoms. The molecule has 63 heavy (non-hydrogen) atoms. The molecule has 4 N–H and O–H groups in total. The minimum Gasteiger partial charge on any atom is -0.410 e. The SMILES string of the molecule is CO[Si](O)(O[Si]1(C2CCCCC2)O[Si](C)(C2CCCCC2)O[Si](O[Si](O)(O[Si](O)C2CCCCC2)C2CCCCC2)(C2CCCCC2)O[Si](O)(C2CCCCC2)O1)C1CCCCC1. The van der Waals surface area contributed by atoms with Crippen LogP contribution in [-0.4, -0.2) is 88.2 Å². The first-order valence-corrected chi connectivity index (χ1v) is 39.6. The summed E-state index contributed by atoms with van der Waals surface area (Å²) in [5.41, 5.74) is -0.836. The van der Waals surface area contributed by atoms with E-state index in [9.17, 15) is 19.2 Å². The first kappa shape index (κ1) is 50.4. The highest BCUT2D eigenvalue weighted by molar-refractivity contribution is 6.95. The van der Waals surface area contributed by atoms with Gasteiger partial charge in [0.1, 0.15) is 0 Å². The maximum absolute atomic E-state index is 14.1. The summed E-state index contributed by atoms with van der Waals surface area (Å²) in [4.78, 5) is 52.8. The second kappa shape index (κ2) is 22.4. The Morgan fingerprint density at radius 3 is 1.19 bits per heavy atom. The van der Waals surface area contributed by atoms with Gasteiger partial charge in [-0.05, 0) is 96.4 Å². The summed E-state index contributed by atoms with van der Waals surface area (Å²) in [6, 6.07) is 0. The summed E-state index contributed by atoms with van der Waals surface area (Å²) in [5, 5.41) is 0. The Hall–Kier alpha value is 1.04. The molecule has 8 fully saturated rings. The zero-order valence-corrected chi connectivity index (χ0v) is 46.3. The lowest BCUT2D eigenvalue weighted by atomic mass is 10.0. The molecule has 1 heterocycles. The molecule has 0 spiro atoms. The molecular formula is C44H87O12Si7. The minimum absolute atomic E-state index is 0.0376. The molecule has 8 rings (SSSR count). The Morgan fingerprint density at radius 2 is 0.778 bits per heavy atom. The van der Waals surface area contributed by atoms with Gasteiger partial charge in [-0.15, -0.1) is 0 Å². The Labute approximate surface area is 389 Å². The molecule has 363 valence electrons. The normalized spacial score (nSPS) is 37.6. The molecule has 6 atom stereocenters. The van der Waals surface area contributed by atoms with Gasteiger partial charge in [0.2, 0.25) is 0 Å². The van der Waals surface area contributed by atoms with E-state index in [0.29, 0.717) is 0 Å². The minimum atomic E-state index is -4.45. The van der Waals surface area contributed by atoms with E-state index in [1.54, 1.807) is 7.11 Å². The second-order valence-electron chi connectivity index (χ2n) is 21.7. The topological polar surface area (TPSA) is 155 Å². The van der Waals surface area contributed by atoms with Crippen LogP contribution in [0.2, 0.25) is 45.3 Å². The molecule has 8 aliphatic rings. The quantitative estimate of drug-likeness (QED) is 0.122. The van der Waals surface area contributed by atoms with Crippen molar-refractivity contribution in [1.29, 1.82) is 0 Å². The van der Waals surface area contributed by atoms with Crippen molar-refractivity contribution in [3.63, 3.8) is 0 Å². The van der Waals surface area contributed by atoms with Crippen molar-refractivity contribution in [3.8, 4) is 0 Å². The molecule has 1 radical (unpaired) electrons. The second-order valence-corrected chi connectivity index (χ2v) is 42.5. The molecular weight excluding hydrogens is 917 g/mol. The Morgan fingerprint density at radius 1 is 0.444 bits per heavy atom. The Balaban J connectivity index is 1.29. The molecule has 0 aromatic rings. The highest BCUT2D eigenvalue weighted by Gasteiger charge is 2.75. The molecule has 19 heteroatoms. The highest BCUT2D eigenvalue weighted by Crippen LogP contribution is 2.56. The van der Waals surface area contributed by atoms with Crippen molar-refractivity contribution in [2.24, 2.45) is 0 Å². The van der Waals surface area contributed by atoms with Crippen LogP contribution in [0.15, 0.2) is 0 Å². The zero-order valence-electron chi connectivity index (χ0n) is 39.3. The third kappa shape index (κ3) is 11.8. The van der Waals surface area contributed by atoms with Crippen LogP contribution in [0.5, 0.6) is 0 Å². The van der Waals surface area contributed by atoms with E-state index >= 15 is 0 Å². The fraction of sp³-hybridized carbons (Fsp3) is 1.00. The first-order chi connectivity index (χ1) is 30.4. The summed E-state index contributed by atoms with van der Waals surface area (Å²) < 4.78 is 60.5. The standard InChI is InChI=1S/C44H87O12Si7/c1-49-59(46,40-28-14-5-15-29-40)53-62(43-34-20-8-21-35-43)51-58(2,39-26-12-4-13-27-39)52-63(44-36-22-9-23-37-44,56-61(48,55-62)42-32-18-7-19-33-42)54-60(47,41-30-16-6-17-31-41)50-57(45)38-24-10-3-11-25-38/h38-48H,3-37H2,1-2H3. The van der Waals surface area contributed by atoms with Gasteiger partial charge in [0.15, 0.2) is 0 Å². The lowest BCUT2D eigenvalue weighted by Crippen LogP contribution is -2.78. The third-order valence-corrected chi connectivity index (χ3v) is 45.9. The van der Waals surface area contributed by atoms with Gasteiger partial charge in [-0.25, -0.2) is 0 Å². The zero-order chi connectivity index (χ0) is 44.0. The van der Waals surface area contributed by atoms with Gasteiger partial charge in [0.25, 0.3) is 0 Å². The van der Waals surface area contributed by atoms with Crippen LogP contribution < -0.4 is 0 Å². The lowest BCUT2D eigenvalue weighted by molar-refractivity contribution is 0.0418. The fourth-order valence-electron chi connectivity index (χ4n) is 13.4. The molecule has 7 aliphatic carbocycles. The van der Waals surface area contributed by atoms with Gasteiger partial charge in [0.05, 0.1) is 0 Å². The molecule has 7 saturated carbocycles. The van der Waals surface area contributed by atoms with E-state index in [1.165, 1.54) is 6.42 Å². The fourth-order valence-corrected chi connectivity index (χ4v) is 48.5. The third-order valence-electron chi connectivity index (χ3n) is 17.3. The molecule has 1 saturated heterocycles. The number of hydrogen-bond acceptors (Lipinski definition) is 12. The monoisotopic (exact) mass is 1000 g/mol. The predicted molar refractivity (Wildman–Crippen MR) is 257 cm³/mol. The van der Waals surface area contributed by atoms with Crippen molar-refractivity contribution in [2.75, 3.05) is 7.11 Å². The largest absolute Gasteiger partial charge is 0.493 e. The van der Waals surface area contributed by atoms with Gasteiger partial charge < -0.3 is 52.4 Å². The van der Waals surface area contributed by atoms with E-state index in [-0.39, 0.29) is 38.8 Å². The van der Waals surface area contributed by atoms with E-state index in [1.807, 2.05) is 0 Å². The molecule has 6 unspecified atom stereocenters. The molecule has 1 aliphatic heterocycles. The van der Waals surface area contributed by atoms with Gasteiger partial charge in [-0.3, -0.25) is 0 Å². The lowest BCUT2D eigenvalue weighted by Gasteiger charge is -2.57. The van der Waals surface area contributed by atoms with Crippen molar-refractivity contribution >= 4 is 61.9 Å². The van der Waals surface area contributed by atoms with E-state index < -0.39 is 61.9 Å². The van der Waals surface area contributed by atoms with Crippen LogP contribution in [0.1, 0.15) is 225 Å². The number of rotatable bonds is 14. The Kier molecular flexibility index (Phi) is 17.9. The van der Waals surface area contributed by atoms with Crippen LogP contribution in [0.25, 0.3) is 0 Å². The molecule has 0 amide bonds. The van der Waals surface area contributed by atoms with Crippen molar-refractivity contribution in [2.45, 2.75) is 270 Å². The summed E-state index contributed by atoms with van der Waals surface area (Å²) in [7, 11) is -25.5. The van der Waals surface area contributed by atoms with E-state index in [0.717, 1.165) is 218 Å². The maximum atomic E-state index is 14.1. The summed E-state index contributed by atoms with van der Waals surface area (Å²) in [6.45, 7) is 2.21. The Bertz CT molecular complexity index is 1370. The average Bonchev–Trinajstić information content (AvgIpc) is 3.33. The van der Waals surface area contributed by atoms with E-state index in [2.05, 4.69) is 6.55 Å². The van der Waals surface area contributed by atoms with Crippen LogP contribution in [-0.2, 0) is 33.2 Å². The van der Waals surface area contributed by atoms with Crippen molar-refractivity contribution in [1.82, 2.24) is 0 Å². The summed E-state index contributed by atoms with van der Waals surface area (Å²) in [5.74, 6) is 0. The summed E-state index contributed by atoms with van der Waals surface area (Å²) in [6.07, 6.45) is 33.8. The maximum Gasteiger partial charge on any atom is 0.493 e. The molecule has 12 nitrogen and oxygen atoms in total. The molecule has 0 aromatic carbocycles.